The molecule has 2 aliphatic rings. The Kier molecular flexibility index (Phi) is 8.19. The fraction of sp³-hybridized carbons (Fsp3) is 0.667. The maximum absolute atomic E-state index is 13.6. The Morgan fingerprint density at radius 1 is 1.17 bits per heavy atom. The van der Waals surface area contributed by atoms with E-state index in [1.807, 2.05) is 43.6 Å². The number of halogens is 2. The summed E-state index contributed by atoms with van der Waals surface area (Å²) >= 11 is 0. The lowest BCUT2D eigenvalue weighted by Crippen LogP contribution is -2.41. The molecule has 3 unspecified atom stereocenters. The largest absolute Gasteiger partial charge is 0.349 e. The van der Waals surface area contributed by atoms with Crippen molar-refractivity contribution in [3.63, 3.8) is 0 Å². The Bertz CT molecular complexity index is 955. The molecule has 1 saturated carbocycles. The number of nitrogens with one attached hydrogen (secondary N) is 1. The third-order valence-electron chi connectivity index (χ3n) is 8.08. The summed E-state index contributed by atoms with van der Waals surface area (Å²) in [6, 6.07) is 11.2. The van der Waals surface area contributed by atoms with Crippen LogP contribution < -0.4 is 5.32 Å². The van der Waals surface area contributed by atoms with Gasteiger partial charge in [-0.3, -0.25) is 9.69 Å². The van der Waals surface area contributed by atoms with Crippen LogP contribution in [0.25, 0.3) is 0 Å². The summed E-state index contributed by atoms with van der Waals surface area (Å²) in [5.74, 6) is -2.11. The average Bonchev–Trinajstić information content (AvgIpc) is 3.42. The van der Waals surface area contributed by atoms with Crippen LogP contribution in [0.1, 0.15) is 88.7 Å². The number of aryl methyl sites for hydroxylation is 1. The van der Waals surface area contributed by atoms with E-state index in [2.05, 4.69) is 38.8 Å². The number of hydrogen-bond donors (Lipinski definition) is 1. The van der Waals surface area contributed by atoms with E-state index in [0.29, 0.717) is 18.1 Å². The number of amides is 1. The van der Waals surface area contributed by atoms with E-state index in [1.165, 1.54) is 0 Å². The molecule has 6 nitrogen and oxygen atoms in total. The van der Waals surface area contributed by atoms with Crippen LogP contribution >= 0.6 is 0 Å². The molecule has 0 bridgehead atoms. The highest BCUT2D eigenvalue weighted by Crippen LogP contribution is 2.37. The van der Waals surface area contributed by atoms with Crippen LogP contribution in [0.5, 0.6) is 0 Å². The summed E-state index contributed by atoms with van der Waals surface area (Å²) in [7, 11) is 0. The number of carbonyl (C=O) groups excluding carboxylic acids is 1. The topological polar surface area (TPSA) is 63.1 Å². The SMILES string of the molecule is Cc1nncn1C(C)CC1CCC(C)N1CC[C@H](NC(=O)C1CCC(F)(F)CC1)c1ccccc1. The van der Waals surface area contributed by atoms with E-state index in [1.54, 1.807) is 0 Å². The second-order valence-corrected chi connectivity index (χ2v) is 10.6. The molecule has 2 aromatic rings. The lowest BCUT2D eigenvalue weighted by molar-refractivity contribution is -0.130. The molecule has 1 aliphatic carbocycles. The van der Waals surface area contributed by atoms with Gasteiger partial charge in [0.15, 0.2) is 0 Å². The standard InChI is InChI=1S/C27H39F2N5O/c1-19-9-10-24(17-20(2)34-18-30-32-21(34)3)33(19)16-13-25(22-7-5-4-6-8-22)31-26(35)23-11-14-27(28,29)15-12-23/h4-8,18-20,23-25H,9-17H2,1-3H3,(H,31,35)/t19?,20?,24?,25-/m0/s1. The fourth-order valence-corrected chi connectivity index (χ4v) is 5.90. The second-order valence-electron chi connectivity index (χ2n) is 10.6. The lowest BCUT2D eigenvalue weighted by atomic mass is 9.86. The van der Waals surface area contributed by atoms with Crippen LogP contribution in [0.4, 0.5) is 8.78 Å². The molecule has 0 radical (unpaired) electrons. The minimum Gasteiger partial charge on any atom is -0.349 e. The Morgan fingerprint density at radius 2 is 1.89 bits per heavy atom. The number of likely N-dealkylation sites (tertiary alicyclic amines) is 1. The highest BCUT2D eigenvalue weighted by molar-refractivity contribution is 5.79. The molecule has 4 rings (SSSR count). The molecule has 1 amide bonds. The van der Waals surface area contributed by atoms with Gasteiger partial charge < -0.3 is 9.88 Å². The quantitative estimate of drug-likeness (QED) is 0.510. The molecule has 8 heteroatoms. The predicted molar refractivity (Wildman–Crippen MR) is 132 cm³/mol. The number of aromatic nitrogens is 3. The van der Waals surface area contributed by atoms with E-state index in [9.17, 15) is 13.6 Å². The van der Waals surface area contributed by atoms with Crippen LogP contribution in [-0.4, -0.2) is 50.1 Å². The zero-order valence-corrected chi connectivity index (χ0v) is 21.2. The molecular weight excluding hydrogens is 448 g/mol. The van der Waals surface area contributed by atoms with Gasteiger partial charge in [0, 0.05) is 43.4 Å². The van der Waals surface area contributed by atoms with Gasteiger partial charge in [-0.25, -0.2) is 8.78 Å². The number of nitrogens with zero attached hydrogens (tertiary/aromatic N) is 4. The first-order valence-electron chi connectivity index (χ1n) is 13.1. The first kappa shape index (κ1) is 25.7. The molecule has 0 spiro atoms. The lowest BCUT2D eigenvalue weighted by Gasteiger charge is -2.33. The minimum absolute atomic E-state index is 0.0860. The van der Waals surface area contributed by atoms with Gasteiger partial charge in [0.1, 0.15) is 12.2 Å². The molecule has 192 valence electrons. The van der Waals surface area contributed by atoms with E-state index in [4.69, 9.17) is 0 Å². The first-order valence-corrected chi connectivity index (χ1v) is 13.1. The molecule has 2 heterocycles. The zero-order valence-electron chi connectivity index (χ0n) is 21.2. The molecular formula is C27H39F2N5O. The third-order valence-corrected chi connectivity index (χ3v) is 8.08. The van der Waals surface area contributed by atoms with Gasteiger partial charge in [-0.05, 0) is 64.9 Å². The van der Waals surface area contributed by atoms with Gasteiger partial charge in [0.2, 0.25) is 11.8 Å². The fourth-order valence-electron chi connectivity index (χ4n) is 5.90. The Hall–Kier alpha value is -2.35. The average molecular weight is 488 g/mol. The predicted octanol–water partition coefficient (Wildman–Crippen LogP) is 5.46. The summed E-state index contributed by atoms with van der Waals surface area (Å²) in [6.07, 6.45) is 6.07. The Balaban J connectivity index is 1.40. The Labute approximate surface area is 207 Å². The molecule has 1 aromatic heterocycles. The molecule has 35 heavy (non-hydrogen) atoms. The van der Waals surface area contributed by atoms with Gasteiger partial charge in [-0.15, -0.1) is 10.2 Å². The molecule has 1 aromatic carbocycles. The van der Waals surface area contributed by atoms with Crippen molar-refractivity contribution < 1.29 is 13.6 Å². The molecule has 1 N–H and O–H groups in total. The van der Waals surface area contributed by atoms with Crippen molar-refractivity contribution in [1.29, 1.82) is 0 Å². The number of carbonyl (C=O) groups is 1. The van der Waals surface area contributed by atoms with Crippen LogP contribution in [-0.2, 0) is 4.79 Å². The number of rotatable bonds is 9. The van der Waals surface area contributed by atoms with Crippen molar-refractivity contribution in [2.45, 2.75) is 102 Å². The van der Waals surface area contributed by atoms with Gasteiger partial charge in [-0.2, -0.15) is 0 Å². The summed E-state index contributed by atoms with van der Waals surface area (Å²) in [5, 5.41) is 11.4. The molecule has 2 fully saturated rings. The monoisotopic (exact) mass is 487 g/mol. The van der Waals surface area contributed by atoms with E-state index in [0.717, 1.165) is 43.6 Å². The van der Waals surface area contributed by atoms with Crippen molar-refractivity contribution in [2.24, 2.45) is 5.92 Å². The summed E-state index contributed by atoms with van der Waals surface area (Å²) < 4.78 is 29.3. The van der Waals surface area contributed by atoms with Crippen molar-refractivity contribution in [2.75, 3.05) is 6.54 Å². The van der Waals surface area contributed by atoms with Crippen molar-refractivity contribution in [3.8, 4) is 0 Å². The van der Waals surface area contributed by atoms with Crippen LogP contribution in [0, 0.1) is 12.8 Å². The highest BCUT2D eigenvalue weighted by atomic mass is 19.3. The maximum atomic E-state index is 13.6. The summed E-state index contributed by atoms with van der Waals surface area (Å²) in [6.45, 7) is 7.37. The van der Waals surface area contributed by atoms with Crippen molar-refractivity contribution >= 4 is 5.91 Å². The van der Waals surface area contributed by atoms with E-state index in [-0.39, 0.29) is 43.6 Å². The highest BCUT2D eigenvalue weighted by Gasteiger charge is 2.38. The zero-order chi connectivity index (χ0) is 25.0. The van der Waals surface area contributed by atoms with Gasteiger partial charge in [0.25, 0.3) is 0 Å². The first-order chi connectivity index (χ1) is 16.7. The minimum atomic E-state index is -2.63. The normalized spacial score (nSPS) is 24.8. The second kappa shape index (κ2) is 11.1. The van der Waals surface area contributed by atoms with E-state index < -0.39 is 5.92 Å². The van der Waals surface area contributed by atoms with Gasteiger partial charge in [-0.1, -0.05) is 30.3 Å². The molecule has 1 aliphatic heterocycles. The number of alkyl halides is 2. The summed E-state index contributed by atoms with van der Waals surface area (Å²) in [5.41, 5.74) is 1.07. The van der Waals surface area contributed by atoms with Crippen LogP contribution in [0.15, 0.2) is 36.7 Å². The molecule has 1 saturated heterocycles. The summed E-state index contributed by atoms with van der Waals surface area (Å²) in [4.78, 5) is 15.6. The number of benzene rings is 1. The van der Waals surface area contributed by atoms with Crippen molar-refractivity contribution in [3.05, 3.63) is 48.0 Å². The number of hydrogen-bond acceptors (Lipinski definition) is 4. The maximum Gasteiger partial charge on any atom is 0.248 e. The van der Waals surface area contributed by atoms with Crippen LogP contribution in [0.2, 0.25) is 0 Å². The third kappa shape index (κ3) is 6.46. The van der Waals surface area contributed by atoms with Gasteiger partial charge in [0.05, 0.1) is 6.04 Å². The smallest absolute Gasteiger partial charge is 0.248 e. The van der Waals surface area contributed by atoms with Gasteiger partial charge >= 0.3 is 0 Å². The Morgan fingerprint density at radius 3 is 2.54 bits per heavy atom. The van der Waals surface area contributed by atoms with Crippen LogP contribution in [0.3, 0.4) is 0 Å². The van der Waals surface area contributed by atoms with Crippen molar-refractivity contribution in [1.82, 2.24) is 25.0 Å². The molecule has 4 atom stereocenters. The van der Waals surface area contributed by atoms with E-state index >= 15 is 0 Å².